The molecular formula is C17H24N2O. The van der Waals surface area contributed by atoms with Crippen molar-refractivity contribution in [1.82, 2.24) is 9.88 Å². The zero-order chi connectivity index (χ0) is 14.5. The van der Waals surface area contributed by atoms with Gasteiger partial charge < -0.3 is 9.88 Å². The van der Waals surface area contributed by atoms with Crippen molar-refractivity contribution >= 4 is 10.9 Å². The zero-order valence-corrected chi connectivity index (χ0v) is 12.6. The lowest BCUT2D eigenvalue weighted by Crippen LogP contribution is -2.40. The first-order chi connectivity index (χ1) is 9.67. The van der Waals surface area contributed by atoms with E-state index < -0.39 is 0 Å². The first-order valence-electron chi connectivity index (χ1n) is 7.49. The lowest BCUT2D eigenvalue weighted by molar-refractivity contribution is 0.335. The Labute approximate surface area is 120 Å². The summed E-state index contributed by atoms with van der Waals surface area (Å²) in [5.41, 5.74) is 1.10. The number of para-hydroxylation sites is 1. The minimum Gasteiger partial charge on any atom is -0.312 e. The summed E-state index contributed by atoms with van der Waals surface area (Å²) in [6.07, 6.45) is 1.11. The van der Waals surface area contributed by atoms with Gasteiger partial charge in [0.05, 0.1) is 5.52 Å². The van der Waals surface area contributed by atoms with Crippen LogP contribution < -0.4 is 10.9 Å². The maximum Gasteiger partial charge on any atom is 0.251 e. The lowest BCUT2D eigenvalue weighted by Gasteiger charge is -2.25. The summed E-state index contributed by atoms with van der Waals surface area (Å²) in [5, 5.41) is 4.63. The normalized spacial score (nSPS) is 14.3. The van der Waals surface area contributed by atoms with Crippen molar-refractivity contribution in [3.05, 3.63) is 46.8 Å². The minimum atomic E-state index is 0.0786. The molecule has 0 spiro atoms. The van der Waals surface area contributed by atoms with Crippen LogP contribution >= 0.6 is 0 Å². The zero-order valence-electron chi connectivity index (χ0n) is 12.6. The second kappa shape index (κ2) is 6.71. The highest BCUT2D eigenvalue weighted by Crippen LogP contribution is 2.14. The number of benzene rings is 1. The fraction of sp³-hybridized carbons (Fsp3) is 0.471. The maximum atomic E-state index is 12.2. The molecule has 1 aromatic heterocycles. The Morgan fingerprint density at radius 3 is 2.60 bits per heavy atom. The molecule has 3 nitrogen and oxygen atoms in total. The van der Waals surface area contributed by atoms with Crippen LogP contribution in [0.2, 0.25) is 0 Å². The topological polar surface area (TPSA) is 34.0 Å². The first-order valence-corrected chi connectivity index (χ1v) is 7.49. The molecule has 0 aliphatic carbocycles. The molecule has 1 heterocycles. The van der Waals surface area contributed by atoms with Gasteiger partial charge in [-0.15, -0.1) is 0 Å². The van der Waals surface area contributed by atoms with Crippen LogP contribution in [0.5, 0.6) is 0 Å². The summed E-state index contributed by atoms with van der Waals surface area (Å²) in [5.74, 6) is 0.542. The number of fused-ring (bicyclic) bond motifs is 1. The van der Waals surface area contributed by atoms with Crippen molar-refractivity contribution in [2.24, 2.45) is 5.92 Å². The maximum absolute atomic E-state index is 12.2. The molecule has 0 bridgehead atoms. The molecule has 3 heteroatoms. The standard InChI is InChI=1S/C17H24N2O/c1-4-13(3)15(18-5-2)12-19-16-9-7-6-8-14(16)10-11-17(19)20/h6-11,13,15,18H,4-5,12H2,1-3H3. The molecule has 20 heavy (non-hydrogen) atoms. The largest absolute Gasteiger partial charge is 0.312 e. The Morgan fingerprint density at radius 1 is 1.15 bits per heavy atom. The molecule has 0 radical (unpaired) electrons. The predicted molar refractivity (Wildman–Crippen MR) is 85.1 cm³/mol. The molecule has 2 unspecified atom stereocenters. The molecule has 2 aromatic rings. The van der Waals surface area contributed by atoms with E-state index in [2.05, 4.69) is 32.2 Å². The predicted octanol–water partition coefficient (Wildman–Crippen LogP) is 3.03. The summed E-state index contributed by atoms with van der Waals surface area (Å²) in [7, 11) is 0. The Kier molecular flexibility index (Phi) is 4.96. The van der Waals surface area contributed by atoms with Crippen molar-refractivity contribution in [1.29, 1.82) is 0 Å². The molecule has 0 saturated carbocycles. The highest BCUT2D eigenvalue weighted by Gasteiger charge is 2.16. The van der Waals surface area contributed by atoms with Gasteiger partial charge in [-0.1, -0.05) is 45.4 Å². The van der Waals surface area contributed by atoms with Crippen LogP contribution in [0.4, 0.5) is 0 Å². The fourth-order valence-electron chi connectivity index (χ4n) is 2.62. The van der Waals surface area contributed by atoms with Gasteiger partial charge in [0.25, 0.3) is 5.56 Å². The molecule has 108 valence electrons. The van der Waals surface area contributed by atoms with Crippen molar-refractivity contribution < 1.29 is 0 Å². The van der Waals surface area contributed by atoms with Crippen LogP contribution in [0, 0.1) is 5.92 Å². The number of aromatic nitrogens is 1. The third-order valence-electron chi connectivity index (χ3n) is 4.08. The number of nitrogens with zero attached hydrogens (tertiary/aromatic N) is 1. The average molecular weight is 272 g/mol. The molecule has 0 aliphatic rings. The quantitative estimate of drug-likeness (QED) is 0.877. The second-order valence-corrected chi connectivity index (χ2v) is 5.39. The SMILES string of the molecule is CCNC(Cn1c(=O)ccc2ccccc21)C(C)CC. The van der Waals surface area contributed by atoms with Gasteiger partial charge in [-0.2, -0.15) is 0 Å². The van der Waals surface area contributed by atoms with Crippen molar-refractivity contribution in [2.75, 3.05) is 6.54 Å². The summed E-state index contributed by atoms with van der Waals surface area (Å²) >= 11 is 0. The number of rotatable bonds is 6. The average Bonchev–Trinajstić information content (AvgIpc) is 2.48. The minimum absolute atomic E-state index is 0.0786. The Bertz CT molecular complexity index is 618. The second-order valence-electron chi connectivity index (χ2n) is 5.39. The van der Waals surface area contributed by atoms with Crippen LogP contribution in [0.25, 0.3) is 10.9 Å². The number of pyridine rings is 1. The van der Waals surface area contributed by atoms with E-state index in [1.807, 2.05) is 28.8 Å². The molecule has 0 aliphatic heterocycles. The van der Waals surface area contributed by atoms with Gasteiger partial charge in [0.15, 0.2) is 0 Å². The Balaban J connectivity index is 2.41. The van der Waals surface area contributed by atoms with Crippen LogP contribution in [-0.4, -0.2) is 17.2 Å². The van der Waals surface area contributed by atoms with Crippen molar-refractivity contribution in [2.45, 2.75) is 39.8 Å². The molecule has 1 aromatic carbocycles. The van der Waals surface area contributed by atoms with Gasteiger partial charge in [0.1, 0.15) is 0 Å². The summed E-state index contributed by atoms with van der Waals surface area (Å²) in [4.78, 5) is 12.2. The number of hydrogen-bond donors (Lipinski definition) is 1. The van der Waals surface area contributed by atoms with Gasteiger partial charge in [-0.25, -0.2) is 0 Å². The summed E-state index contributed by atoms with van der Waals surface area (Å²) < 4.78 is 1.90. The Hall–Kier alpha value is -1.61. The van der Waals surface area contributed by atoms with E-state index in [1.54, 1.807) is 6.07 Å². The summed E-state index contributed by atoms with van der Waals surface area (Å²) in [6, 6.07) is 12.0. The number of hydrogen-bond acceptors (Lipinski definition) is 2. The van der Waals surface area contributed by atoms with Gasteiger partial charge in [-0.3, -0.25) is 4.79 Å². The van der Waals surface area contributed by atoms with E-state index >= 15 is 0 Å². The highest BCUT2D eigenvalue weighted by molar-refractivity contribution is 5.78. The van der Waals surface area contributed by atoms with Crippen LogP contribution in [0.1, 0.15) is 27.2 Å². The highest BCUT2D eigenvalue weighted by atomic mass is 16.1. The van der Waals surface area contributed by atoms with Gasteiger partial charge >= 0.3 is 0 Å². The van der Waals surface area contributed by atoms with Crippen LogP contribution in [-0.2, 0) is 6.54 Å². The van der Waals surface area contributed by atoms with Crippen molar-refractivity contribution in [3.8, 4) is 0 Å². The molecular weight excluding hydrogens is 248 g/mol. The van der Waals surface area contributed by atoms with Gasteiger partial charge in [-0.05, 0) is 30.0 Å². The summed E-state index contributed by atoms with van der Waals surface area (Å²) in [6.45, 7) is 8.20. The number of nitrogens with one attached hydrogen (secondary N) is 1. The monoisotopic (exact) mass is 272 g/mol. The van der Waals surface area contributed by atoms with Gasteiger partial charge in [0, 0.05) is 18.7 Å². The van der Waals surface area contributed by atoms with E-state index in [4.69, 9.17) is 0 Å². The third kappa shape index (κ3) is 3.10. The third-order valence-corrected chi connectivity index (χ3v) is 4.08. The molecule has 0 fully saturated rings. The van der Waals surface area contributed by atoms with E-state index in [1.165, 1.54) is 0 Å². The first kappa shape index (κ1) is 14.8. The van der Waals surface area contributed by atoms with E-state index in [-0.39, 0.29) is 5.56 Å². The fourth-order valence-corrected chi connectivity index (χ4v) is 2.62. The molecule has 2 atom stereocenters. The van der Waals surface area contributed by atoms with Crippen LogP contribution in [0.15, 0.2) is 41.2 Å². The molecule has 0 amide bonds. The van der Waals surface area contributed by atoms with E-state index in [9.17, 15) is 4.79 Å². The lowest BCUT2D eigenvalue weighted by atomic mass is 9.98. The molecule has 0 saturated heterocycles. The van der Waals surface area contributed by atoms with Gasteiger partial charge in [0.2, 0.25) is 0 Å². The van der Waals surface area contributed by atoms with Crippen LogP contribution in [0.3, 0.4) is 0 Å². The van der Waals surface area contributed by atoms with E-state index in [0.717, 1.165) is 30.4 Å². The smallest absolute Gasteiger partial charge is 0.251 e. The van der Waals surface area contributed by atoms with E-state index in [0.29, 0.717) is 12.0 Å². The molecule has 2 rings (SSSR count). The van der Waals surface area contributed by atoms with Crippen molar-refractivity contribution in [3.63, 3.8) is 0 Å². The molecule has 1 N–H and O–H groups in total. The Morgan fingerprint density at radius 2 is 1.90 bits per heavy atom. The number of likely N-dealkylation sites (N-methyl/N-ethyl adjacent to an activating group) is 1.